The number of alkyl halides is 3. The molecule has 1 fully saturated rings. The van der Waals surface area contributed by atoms with Gasteiger partial charge >= 0.3 is 12.1 Å². The third-order valence-corrected chi connectivity index (χ3v) is 4.61. The lowest BCUT2D eigenvalue weighted by molar-refractivity contribution is -0.167. The van der Waals surface area contributed by atoms with Crippen LogP contribution in [0.1, 0.15) is 52.0 Å². The van der Waals surface area contributed by atoms with E-state index in [1.165, 1.54) is 6.07 Å². The zero-order valence-corrected chi connectivity index (χ0v) is 15.5. The van der Waals surface area contributed by atoms with Crippen LogP contribution in [0.25, 0.3) is 0 Å². The van der Waals surface area contributed by atoms with Crippen molar-refractivity contribution in [3.63, 3.8) is 0 Å². The molecule has 2 bridgehead atoms. The van der Waals surface area contributed by atoms with Gasteiger partial charge in [0.05, 0.1) is 22.7 Å². The summed E-state index contributed by atoms with van der Waals surface area (Å²) in [5, 5.41) is 1.69. The van der Waals surface area contributed by atoms with Gasteiger partial charge in [-0.1, -0.05) is 6.08 Å². The van der Waals surface area contributed by atoms with E-state index in [-0.39, 0.29) is 24.0 Å². The normalized spacial score (nSPS) is 22.9. The molecule has 1 aromatic rings. The number of piperidine rings is 1. The Morgan fingerprint density at radius 1 is 1.26 bits per heavy atom. The molecule has 1 saturated heterocycles. The molecule has 3 rings (SSSR count). The second kappa shape index (κ2) is 7.05. The molecule has 0 aromatic carbocycles. The number of nitrogens with zero attached hydrogens (tertiary/aromatic N) is 2. The highest BCUT2D eigenvalue weighted by molar-refractivity contribution is 5.75. The van der Waals surface area contributed by atoms with E-state index in [0.717, 1.165) is 30.8 Å². The summed E-state index contributed by atoms with van der Waals surface area (Å²) in [7, 11) is 0. The zero-order chi connectivity index (χ0) is 19.8. The number of aromatic nitrogens is 1. The summed E-state index contributed by atoms with van der Waals surface area (Å²) in [5.41, 5.74) is -0.519. The van der Waals surface area contributed by atoms with Crippen molar-refractivity contribution in [2.45, 2.75) is 64.8 Å². The van der Waals surface area contributed by atoms with E-state index < -0.39 is 17.2 Å². The van der Waals surface area contributed by atoms with Crippen LogP contribution in [0.5, 0.6) is 5.88 Å². The summed E-state index contributed by atoms with van der Waals surface area (Å²) in [6, 6.07) is 2.15. The van der Waals surface area contributed by atoms with Crippen molar-refractivity contribution in [2.75, 3.05) is 0 Å². The number of halogens is 3. The van der Waals surface area contributed by atoms with Crippen molar-refractivity contribution in [1.82, 2.24) is 10.0 Å². The molecular weight excluding hydrogens is 361 g/mol. The molecule has 0 N–H and O–H groups in total. The molecule has 0 spiro atoms. The fourth-order valence-electron chi connectivity index (χ4n) is 3.14. The van der Waals surface area contributed by atoms with Crippen LogP contribution in [0.4, 0.5) is 13.2 Å². The first kappa shape index (κ1) is 19.5. The topological polar surface area (TPSA) is 51.7 Å². The Morgan fingerprint density at radius 3 is 2.56 bits per heavy atom. The van der Waals surface area contributed by atoms with Gasteiger partial charge in [-0.15, -0.1) is 0 Å². The molecule has 2 atom stereocenters. The maximum Gasteiger partial charge on any atom is 0.417 e. The molecule has 3 heterocycles. The fourth-order valence-corrected chi connectivity index (χ4v) is 3.14. The number of allylic oxidation sites excluding steroid dienone is 1. The lowest BCUT2D eigenvalue weighted by Gasteiger charge is -2.43. The van der Waals surface area contributed by atoms with Crippen LogP contribution >= 0.6 is 0 Å². The summed E-state index contributed by atoms with van der Waals surface area (Å²) in [4.78, 5) is 21.7. The van der Waals surface area contributed by atoms with Crippen molar-refractivity contribution in [1.29, 1.82) is 0 Å². The van der Waals surface area contributed by atoms with Gasteiger partial charge < -0.3 is 9.57 Å². The predicted molar refractivity (Wildman–Crippen MR) is 91.4 cm³/mol. The van der Waals surface area contributed by atoms with Crippen LogP contribution in [0.15, 0.2) is 30.1 Å². The van der Waals surface area contributed by atoms with E-state index in [1.807, 2.05) is 26.8 Å². The number of carbonyl (C=O) groups excluding carboxylic acids is 1. The van der Waals surface area contributed by atoms with Crippen LogP contribution in [0.2, 0.25) is 0 Å². The van der Waals surface area contributed by atoms with Gasteiger partial charge in [0.15, 0.2) is 0 Å². The van der Waals surface area contributed by atoms with Crippen LogP contribution in [0, 0.1) is 5.41 Å². The number of hydroxylamine groups is 2. The lowest BCUT2D eigenvalue weighted by Crippen LogP contribution is -2.48. The van der Waals surface area contributed by atoms with Crippen molar-refractivity contribution in [2.24, 2.45) is 5.41 Å². The lowest BCUT2D eigenvalue weighted by atomic mass is 9.90. The largest absolute Gasteiger partial charge is 0.461 e. The molecule has 2 aliphatic rings. The number of pyridine rings is 1. The van der Waals surface area contributed by atoms with Gasteiger partial charge in [0.25, 0.3) is 0 Å². The molecule has 148 valence electrons. The quantitative estimate of drug-likeness (QED) is 0.719. The molecule has 27 heavy (non-hydrogen) atoms. The van der Waals surface area contributed by atoms with Gasteiger partial charge in [0.1, 0.15) is 6.10 Å². The molecule has 0 radical (unpaired) electrons. The number of rotatable bonds is 3. The van der Waals surface area contributed by atoms with Gasteiger partial charge in [0, 0.05) is 25.1 Å². The predicted octanol–water partition coefficient (Wildman–Crippen LogP) is 4.49. The molecule has 5 nitrogen and oxygen atoms in total. The van der Waals surface area contributed by atoms with Crippen molar-refractivity contribution in [3.05, 3.63) is 35.7 Å². The van der Waals surface area contributed by atoms with E-state index in [0.29, 0.717) is 12.8 Å². The van der Waals surface area contributed by atoms with E-state index in [1.54, 1.807) is 5.06 Å². The first-order valence-corrected chi connectivity index (χ1v) is 8.94. The third kappa shape index (κ3) is 4.54. The minimum atomic E-state index is -4.43. The number of hydrogen-bond donors (Lipinski definition) is 0. The first-order valence-electron chi connectivity index (χ1n) is 8.94. The average molecular weight is 384 g/mol. The summed E-state index contributed by atoms with van der Waals surface area (Å²) in [6.07, 6.45) is 0.940. The van der Waals surface area contributed by atoms with Crippen LogP contribution in [-0.4, -0.2) is 28.2 Å². The van der Waals surface area contributed by atoms with E-state index in [2.05, 4.69) is 4.98 Å². The Kier molecular flexibility index (Phi) is 5.10. The Morgan fingerprint density at radius 2 is 2.00 bits per heavy atom. The van der Waals surface area contributed by atoms with Crippen LogP contribution in [-0.2, 0) is 15.7 Å². The molecule has 0 aliphatic carbocycles. The first-order chi connectivity index (χ1) is 12.5. The molecule has 0 saturated carbocycles. The molecule has 1 aromatic heterocycles. The Bertz CT molecular complexity index is 723. The smallest absolute Gasteiger partial charge is 0.417 e. The number of ether oxygens (including phenoxy) is 1. The van der Waals surface area contributed by atoms with E-state index >= 15 is 0 Å². The summed E-state index contributed by atoms with van der Waals surface area (Å²) < 4.78 is 43.6. The van der Waals surface area contributed by atoms with Crippen LogP contribution in [0.3, 0.4) is 0 Å². The summed E-state index contributed by atoms with van der Waals surface area (Å²) >= 11 is 0. The minimum absolute atomic E-state index is 0.0133. The number of esters is 1. The molecule has 0 amide bonds. The van der Waals surface area contributed by atoms with Crippen molar-refractivity contribution < 1.29 is 27.5 Å². The van der Waals surface area contributed by atoms with Crippen LogP contribution < -0.4 is 4.84 Å². The summed E-state index contributed by atoms with van der Waals surface area (Å²) in [6.45, 7) is 5.43. The number of fused-ring (bicyclic) bond motifs is 2. The molecular formula is C19H23F3N2O3. The minimum Gasteiger partial charge on any atom is -0.461 e. The van der Waals surface area contributed by atoms with Gasteiger partial charge in [-0.05, 0) is 39.7 Å². The maximum absolute atomic E-state index is 12.7. The van der Waals surface area contributed by atoms with E-state index in [4.69, 9.17) is 9.57 Å². The second-order valence-electron chi connectivity index (χ2n) is 7.94. The van der Waals surface area contributed by atoms with Gasteiger partial charge in [0.2, 0.25) is 5.88 Å². The average Bonchev–Trinajstić information content (AvgIpc) is 2.54. The Balaban J connectivity index is 1.67. The number of carbonyl (C=O) groups is 1. The van der Waals surface area contributed by atoms with Gasteiger partial charge in [-0.2, -0.15) is 13.2 Å². The standard InChI is InChI=1S/C19H23F3N2O3/c1-18(2,3)17(25)26-15-9-13-5-4-6-14(10-15)24(13)27-16-8-7-12(11-23-16)19(20,21)22/h5,7-8,11,14-15H,4,6,9-10H2,1-3H3/t14-,15-/m1/s1. The Hall–Kier alpha value is -2.25. The third-order valence-electron chi connectivity index (χ3n) is 4.61. The highest BCUT2D eigenvalue weighted by Crippen LogP contribution is 2.36. The molecule has 0 unspecified atom stereocenters. The van der Waals surface area contributed by atoms with E-state index in [9.17, 15) is 18.0 Å². The molecule has 2 aliphatic heterocycles. The summed E-state index contributed by atoms with van der Waals surface area (Å²) in [5.74, 6) is -0.143. The zero-order valence-electron chi connectivity index (χ0n) is 15.5. The van der Waals surface area contributed by atoms with Crippen molar-refractivity contribution >= 4 is 5.97 Å². The van der Waals surface area contributed by atoms with Gasteiger partial charge in [-0.25, -0.2) is 10.0 Å². The number of hydrogen-bond acceptors (Lipinski definition) is 5. The maximum atomic E-state index is 12.7. The monoisotopic (exact) mass is 384 g/mol. The highest BCUT2D eigenvalue weighted by atomic mass is 19.4. The van der Waals surface area contributed by atoms with Gasteiger partial charge in [-0.3, -0.25) is 4.79 Å². The van der Waals surface area contributed by atoms with Crippen molar-refractivity contribution in [3.8, 4) is 5.88 Å². The SMILES string of the molecule is CC(C)(C)C(=O)O[C@@H]1CC2=CCC[C@H](C1)N2Oc1ccc(C(F)(F)F)cn1. The Labute approximate surface area is 156 Å². The second-order valence-corrected chi connectivity index (χ2v) is 7.94. The molecule has 8 heteroatoms. The fraction of sp³-hybridized carbons (Fsp3) is 0.579. The highest BCUT2D eigenvalue weighted by Gasteiger charge is 2.38.